The first kappa shape index (κ1) is 23.4. The smallest absolute Gasteiger partial charge is 0.406 e. The average molecular weight is 434 g/mol. The zero-order chi connectivity index (χ0) is 19.4. The third-order valence-electron chi connectivity index (χ3n) is 3.66. The predicted molar refractivity (Wildman–Crippen MR) is 90.9 cm³/mol. The van der Waals surface area contributed by atoms with Crippen molar-refractivity contribution in [2.24, 2.45) is 5.92 Å². The molecule has 27 heavy (non-hydrogen) atoms. The molecule has 0 saturated carbocycles. The molecule has 0 bridgehead atoms. The van der Waals surface area contributed by atoms with Crippen LogP contribution in [0.2, 0.25) is 0 Å². The summed E-state index contributed by atoms with van der Waals surface area (Å²) in [5.74, 6) is -1.31. The van der Waals surface area contributed by atoms with Gasteiger partial charge in [0.2, 0.25) is 15.9 Å². The highest BCUT2D eigenvalue weighted by Crippen LogP contribution is 2.23. The largest absolute Gasteiger partial charge is 0.573 e. The number of carbonyl (C=O) groups excluding carboxylic acids is 1. The summed E-state index contributed by atoms with van der Waals surface area (Å²) < 4.78 is 66.0. The number of sulfonamides is 1. The monoisotopic (exact) mass is 433 g/mol. The quantitative estimate of drug-likeness (QED) is 0.480. The van der Waals surface area contributed by atoms with Crippen LogP contribution >= 0.6 is 12.4 Å². The van der Waals surface area contributed by atoms with Crippen molar-refractivity contribution in [2.45, 2.75) is 17.4 Å². The van der Waals surface area contributed by atoms with E-state index in [2.05, 4.69) is 15.4 Å². The maximum Gasteiger partial charge on any atom is 0.573 e. The molecule has 1 heterocycles. The van der Waals surface area contributed by atoms with E-state index in [0.717, 1.165) is 24.3 Å². The van der Waals surface area contributed by atoms with Crippen molar-refractivity contribution in [1.82, 2.24) is 15.4 Å². The van der Waals surface area contributed by atoms with Gasteiger partial charge >= 0.3 is 6.36 Å². The normalized spacial score (nSPS) is 20.0. The number of benzene rings is 1. The Morgan fingerprint density at radius 3 is 2.41 bits per heavy atom. The fourth-order valence-electron chi connectivity index (χ4n) is 2.30. The van der Waals surface area contributed by atoms with Crippen LogP contribution in [0.5, 0.6) is 5.75 Å². The zero-order valence-corrected chi connectivity index (χ0v) is 15.5. The van der Waals surface area contributed by atoms with Gasteiger partial charge in [0.25, 0.3) is 0 Å². The molecule has 154 valence electrons. The number of aliphatic hydroxyl groups is 1. The lowest BCUT2D eigenvalue weighted by Crippen LogP contribution is -2.40. The summed E-state index contributed by atoms with van der Waals surface area (Å²) in [6.45, 7) is 0.623. The molecule has 1 aromatic rings. The SMILES string of the molecule is Cl.O=C(CNS(=O)(=O)c1ccc(OC(F)(F)F)cc1)NCC1CNCC1O. The number of rotatable bonds is 7. The Kier molecular flexibility index (Phi) is 8.29. The molecular weight excluding hydrogens is 415 g/mol. The summed E-state index contributed by atoms with van der Waals surface area (Å²) in [5, 5.41) is 15.0. The number of hydrogen-bond donors (Lipinski definition) is 4. The molecule has 0 aliphatic carbocycles. The lowest BCUT2D eigenvalue weighted by atomic mass is 10.1. The van der Waals surface area contributed by atoms with Crippen molar-refractivity contribution < 1.29 is 36.2 Å². The van der Waals surface area contributed by atoms with Crippen LogP contribution in [0.15, 0.2) is 29.2 Å². The third kappa shape index (κ3) is 7.50. The second-order valence-electron chi connectivity index (χ2n) is 5.63. The van der Waals surface area contributed by atoms with Crippen LogP contribution in [-0.2, 0) is 14.8 Å². The van der Waals surface area contributed by atoms with Gasteiger partial charge in [0, 0.05) is 25.6 Å². The Hall–Kier alpha value is -1.60. The van der Waals surface area contributed by atoms with E-state index in [-0.39, 0.29) is 29.8 Å². The van der Waals surface area contributed by atoms with Crippen molar-refractivity contribution in [3.8, 4) is 5.75 Å². The summed E-state index contributed by atoms with van der Waals surface area (Å²) in [6.07, 6.45) is -5.46. The van der Waals surface area contributed by atoms with Gasteiger partial charge in [0.1, 0.15) is 5.75 Å². The van der Waals surface area contributed by atoms with E-state index in [9.17, 15) is 31.5 Å². The minimum absolute atomic E-state index is 0. The fourth-order valence-corrected chi connectivity index (χ4v) is 3.28. The van der Waals surface area contributed by atoms with E-state index >= 15 is 0 Å². The number of aliphatic hydroxyl groups excluding tert-OH is 1. The fraction of sp³-hybridized carbons (Fsp3) is 0.500. The van der Waals surface area contributed by atoms with Gasteiger partial charge in [-0.15, -0.1) is 25.6 Å². The van der Waals surface area contributed by atoms with E-state index in [1.807, 2.05) is 4.72 Å². The minimum atomic E-state index is -4.88. The number of amides is 1. The molecular formula is C14H19ClF3N3O5S. The Labute approximate surface area is 159 Å². The standard InChI is InChI=1S/C14H18F3N3O5S.ClH/c15-14(16,17)25-10-1-3-11(4-2-10)26(23,24)20-8-13(22)19-6-9-5-18-7-12(9)21;/h1-4,9,12,18,20-21H,5-8H2,(H,19,22);1H. The summed E-state index contributed by atoms with van der Waals surface area (Å²) in [4.78, 5) is 11.4. The predicted octanol–water partition coefficient (Wildman–Crippen LogP) is -0.0182. The molecule has 1 aromatic carbocycles. The topological polar surface area (TPSA) is 117 Å². The molecule has 2 unspecified atom stereocenters. The van der Waals surface area contributed by atoms with Gasteiger partial charge in [-0.05, 0) is 24.3 Å². The van der Waals surface area contributed by atoms with Crippen molar-refractivity contribution in [3.05, 3.63) is 24.3 Å². The molecule has 1 fully saturated rings. The Bertz CT molecular complexity index is 731. The molecule has 13 heteroatoms. The number of β-amino-alcohol motifs (C(OH)–C–C–N with tert-alkyl or cyclic N) is 1. The van der Waals surface area contributed by atoms with Crippen molar-refractivity contribution in [3.63, 3.8) is 0 Å². The van der Waals surface area contributed by atoms with Crippen molar-refractivity contribution in [2.75, 3.05) is 26.2 Å². The van der Waals surface area contributed by atoms with Crippen molar-refractivity contribution in [1.29, 1.82) is 0 Å². The third-order valence-corrected chi connectivity index (χ3v) is 5.07. The second-order valence-corrected chi connectivity index (χ2v) is 7.40. The number of nitrogens with one attached hydrogen (secondary N) is 3. The molecule has 1 saturated heterocycles. The maximum absolute atomic E-state index is 12.1. The van der Waals surface area contributed by atoms with Crippen LogP contribution in [0.3, 0.4) is 0 Å². The number of halogens is 4. The average Bonchev–Trinajstić information content (AvgIpc) is 2.95. The molecule has 1 aliphatic heterocycles. The van der Waals surface area contributed by atoms with Crippen LogP contribution in [-0.4, -0.2) is 58.1 Å². The maximum atomic E-state index is 12.1. The van der Waals surface area contributed by atoms with E-state index in [1.54, 1.807) is 0 Å². The van der Waals surface area contributed by atoms with Gasteiger partial charge in [-0.25, -0.2) is 13.1 Å². The zero-order valence-electron chi connectivity index (χ0n) is 13.8. The minimum Gasteiger partial charge on any atom is -0.406 e. The summed E-state index contributed by atoms with van der Waals surface area (Å²) >= 11 is 0. The lowest BCUT2D eigenvalue weighted by Gasteiger charge is -2.14. The second kappa shape index (κ2) is 9.55. The summed E-state index contributed by atoms with van der Waals surface area (Å²) in [5.41, 5.74) is 0. The molecule has 8 nitrogen and oxygen atoms in total. The van der Waals surface area contributed by atoms with Gasteiger partial charge in [-0.1, -0.05) is 0 Å². The van der Waals surface area contributed by atoms with Gasteiger partial charge in [0.15, 0.2) is 0 Å². The van der Waals surface area contributed by atoms with Crippen molar-refractivity contribution >= 4 is 28.3 Å². The first-order chi connectivity index (χ1) is 12.1. The van der Waals surface area contributed by atoms with E-state index in [1.165, 1.54) is 0 Å². The van der Waals surface area contributed by atoms with Crippen LogP contribution in [0.4, 0.5) is 13.2 Å². The molecule has 4 N–H and O–H groups in total. The van der Waals surface area contributed by atoms with Gasteiger partial charge < -0.3 is 20.5 Å². The van der Waals surface area contributed by atoms with Crippen LogP contribution in [0.1, 0.15) is 0 Å². The first-order valence-corrected chi connectivity index (χ1v) is 9.06. The Morgan fingerprint density at radius 1 is 1.26 bits per heavy atom. The molecule has 0 aromatic heterocycles. The Morgan fingerprint density at radius 2 is 1.89 bits per heavy atom. The molecule has 1 aliphatic rings. The number of carbonyl (C=O) groups is 1. The van der Waals surface area contributed by atoms with Gasteiger partial charge in [0.05, 0.1) is 17.5 Å². The van der Waals surface area contributed by atoms with E-state index in [0.29, 0.717) is 13.1 Å². The van der Waals surface area contributed by atoms with Crippen LogP contribution in [0, 0.1) is 5.92 Å². The number of ether oxygens (including phenoxy) is 1. The summed E-state index contributed by atoms with van der Waals surface area (Å²) in [6, 6.07) is 3.58. The highest BCUT2D eigenvalue weighted by molar-refractivity contribution is 7.89. The number of alkyl halides is 3. The highest BCUT2D eigenvalue weighted by atomic mass is 35.5. The summed E-state index contributed by atoms with van der Waals surface area (Å²) in [7, 11) is -4.07. The molecule has 2 atom stereocenters. The Balaban J connectivity index is 0.00000364. The van der Waals surface area contributed by atoms with Crippen LogP contribution < -0.4 is 20.1 Å². The molecule has 0 spiro atoms. The molecule has 1 amide bonds. The van der Waals surface area contributed by atoms with E-state index < -0.39 is 40.7 Å². The van der Waals surface area contributed by atoms with Gasteiger partial charge in [-0.2, -0.15) is 0 Å². The number of hydrogen-bond acceptors (Lipinski definition) is 6. The van der Waals surface area contributed by atoms with Crippen LogP contribution in [0.25, 0.3) is 0 Å². The first-order valence-electron chi connectivity index (χ1n) is 7.58. The highest BCUT2D eigenvalue weighted by Gasteiger charge is 2.31. The molecule has 2 rings (SSSR count). The van der Waals surface area contributed by atoms with Gasteiger partial charge in [-0.3, -0.25) is 4.79 Å². The van der Waals surface area contributed by atoms with E-state index in [4.69, 9.17) is 0 Å². The molecule has 0 radical (unpaired) electrons. The lowest BCUT2D eigenvalue weighted by molar-refractivity contribution is -0.274.